The average molecular weight is 551 g/mol. The third kappa shape index (κ3) is 6.80. The summed E-state index contributed by atoms with van der Waals surface area (Å²) >= 11 is 0. The van der Waals surface area contributed by atoms with Gasteiger partial charge in [0.1, 0.15) is 12.9 Å². The zero-order valence-corrected chi connectivity index (χ0v) is 24.5. The summed E-state index contributed by atoms with van der Waals surface area (Å²) in [5, 5.41) is 6.59. The molecule has 1 N–H and O–H groups in total. The summed E-state index contributed by atoms with van der Waals surface area (Å²) in [7, 11) is 1.44. The fourth-order valence-corrected chi connectivity index (χ4v) is 5.02. The highest BCUT2D eigenvalue weighted by atomic mass is 16.6. The van der Waals surface area contributed by atoms with Gasteiger partial charge in [-0.1, -0.05) is 93.0 Å². The predicted octanol–water partition coefficient (Wildman–Crippen LogP) is 6.32. The van der Waals surface area contributed by atoms with Crippen LogP contribution in [0.3, 0.4) is 0 Å². The Balaban J connectivity index is 1.74. The van der Waals surface area contributed by atoms with Gasteiger partial charge < -0.3 is 10.2 Å². The number of nitrogens with one attached hydrogen (secondary N) is 1. The van der Waals surface area contributed by atoms with Crippen LogP contribution in [-0.2, 0) is 22.5 Å². The molecule has 212 valence electrons. The van der Waals surface area contributed by atoms with Crippen molar-refractivity contribution in [2.45, 2.75) is 59.3 Å². The van der Waals surface area contributed by atoms with Gasteiger partial charge in [-0.25, -0.2) is 4.98 Å². The molecule has 0 aliphatic carbocycles. The molecule has 0 saturated heterocycles. The Morgan fingerprint density at radius 2 is 1.83 bits per heavy atom. The molecule has 0 aliphatic rings. The topological polar surface area (TPSA) is 85.6 Å². The van der Waals surface area contributed by atoms with Gasteiger partial charge in [0.05, 0.1) is 11.4 Å². The molecule has 0 spiro atoms. The van der Waals surface area contributed by atoms with E-state index in [2.05, 4.69) is 43.4 Å². The largest absolute Gasteiger partial charge is 0.397 e. The molecule has 41 heavy (non-hydrogen) atoms. The van der Waals surface area contributed by atoms with Crippen LogP contribution in [0.2, 0.25) is 0 Å². The van der Waals surface area contributed by atoms with E-state index in [-0.39, 0.29) is 5.56 Å². The van der Waals surface area contributed by atoms with Crippen molar-refractivity contribution in [3.8, 4) is 16.8 Å². The van der Waals surface area contributed by atoms with E-state index in [1.165, 1.54) is 12.7 Å². The first-order valence-electron chi connectivity index (χ1n) is 14.1. The summed E-state index contributed by atoms with van der Waals surface area (Å²) in [6.07, 6.45) is 3.84. The van der Waals surface area contributed by atoms with Gasteiger partial charge in [0.2, 0.25) is 6.41 Å². The van der Waals surface area contributed by atoms with Crippen molar-refractivity contribution < 1.29 is 9.63 Å². The normalized spacial score (nSPS) is 11.5. The first-order valence-corrected chi connectivity index (χ1v) is 14.1. The summed E-state index contributed by atoms with van der Waals surface area (Å²) in [6.45, 7) is 8.36. The molecule has 4 aromatic rings. The van der Waals surface area contributed by atoms with E-state index in [1.807, 2.05) is 67.6 Å². The summed E-state index contributed by atoms with van der Waals surface area (Å²) in [5.74, 6) is 1.39. The smallest absolute Gasteiger partial charge is 0.261 e. The van der Waals surface area contributed by atoms with E-state index < -0.39 is 0 Å². The molecule has 0 aliphatic heterocycles. The minimum absolute atomic E-state index is 0.0145. The Hall–Kier alpha value is -4.52. The molecule has 7 nitrogen and oxygen atoms in total. The summed E-state index contributed by atoms with van der Waals surface area (Å²) < 4.78 is 1.75. The number of aryl methyl sites for hydroxylation is 2. The van der Waals surface area contributed by atoms with Crippen molar-refractivity contribution in [2.75, 3.05) is 7.11 Å². The highest BCUT2D eigenvalue weighted by molar-refractivity contribution is 6.08. The molecule has 7 heteroatoms. The van der Waals surface area contributed by atoms with E-state index in [0.29, 0.717) is 30.4 Å². The number of hydrogen-bond donors (Lipinski definition) is 1. The van der Waals surface area contributed by atoms with Gasteiger partial charge in [0.15, 0.2) is 5.84 Å². The van der Waals surface area contributed by atoms with E-state index >= 15 is 0 Å². The number of amides is 1. The third-order valence-corrected chi connectivity index (χ3v) is 7.20. The maximum atomic E-state index is 14.1. The number of oxime groups is 1. The van der Waals surface area contributed by atoms with Crippen molar-refractivity contribution in [3.05, 3.63) is 117 Å². The predicted molar refractivity (Wildman–Crippen MR) is 165 cm³/mol. The van der Waals surface area contributed by atoms with E-state index in [0.717, 1.165) is 58.5 Å². The second kappa shape index (κ2) is 13.7. The number of hydrogen-bond acceptors (Lipinski definition) is 5. The van der Waals surface area contributed by atoms with Crippen LogP contribution in [0.15, 0.2) is 82.7 Å². The number of amidine groups is 1. The SMILES string of the molecule is CCCCc1nc(C)n(-c2cccc(C(C)C)c2)c(=O)c1Cc1ccc(-c2ccccc2/C(=N/OC)NC=O)cc1. The summed E-state index contributed by atoms with van der Waals surface area (Å²) in [4.78, 5) is 35.1. The third-order valence-electron chi connectivity index (χ3n) is 7.20. The van der Waals surface area contributed by atoms with E-state index in [9.17, 15) is 9.59 Å². The van der Waals surface area contributed by atoms with Gasteiger partial charge in [-0.15, -0.1) is 0 Å². The van der Waals surface area contributed by atoms with Crippen LogP contribution >= 0.6 is 0 Å². The van der Waals surface area contributed by atoms with Crippen molar-refractivity contribution in [1.29, 1.82) is 0 Å². The first-order chi connectivity index (χ1) is 19.9. The van der Waals surface area contributed by atoms with Gasteiger partial charge in [0.25, 0.3) is 5.56 Å². The molecule has 0 unspecified atom stereocenters. The van der Waals surface area contributed by atoms with Crippen molar-refractivity contribution >= 4 is 12.2 Å². The van der Waals surface area contributed by atoms with Crippen LogP contribution in [0, 0.1) is 6.92 Å². The molecular weight excluding hydrogens is 512 g/mol. The lowest BCUT2D eigenvalue weighted by Crippen LogP contribution is -2.28. The lowest BCUT2D eigenvalue weighted by Gasteiger charge is -2.17. The number of rotatable bonds is 11. The van der Waals surface area contributed by atoms with Crippen molar-refractivity contribution in [2.24, 2.45) is 5.16 Å². The molecule has 1 aromatic heterocycles. The Kier molecular flexibility index (Phi) is 9.85. The van der Waals surface area contributed by atoms with Gasteiger partial charge in [-0.3, -0.25) is 14.2 Å². The standard InChI is InChI=1S/C34H38N4O3/c1-6-7-15-32-31(34(40)38(24(4)36-32)28-12-10-11-27(21-28)23(2)3)20-25-16-18-26(19-17-25)29-13-8-9-14-30(29)33(35-22-39)37-41-5/h8-14,16-19,21-23H,6-7,15,20H2,1-5H3,(H,35,37,39). The van der Waals surface area contributed by atoms with E-state index in [1.54, 1.807) is 4.57 Å². The number of carbonyl (C=O) groups is 1. The lowest BCUT2D eigenvalue weighted by atomic mass is 9.96. The summed E-state index contributed by atoms with van der Waals surface area (Å²) in [6, 6.07) is 24.0. The molecule has 0 saturated carbocycles. The Morgan fingerprint density at radius 3 is 2.51 bits per heavy atom. The first kappa shape index (κ1) is 29.5. The highest BCUT2D eigenvalue weighted by Gasteiger charge is 2.17. The summed E-state index contributed by atoms with van der Waals surface area (Å²) in [5.41, 5.74) is 7.24. The molecule has 3 aromatic carbocycles. The minimum atomic E-state index is -0.0145. The molecule has 0 radical (unpaired) electrons. The number of nitrogens with zero attached hydrogens (tertiary/aromatic N) is 3. The number of carbonyl (C=O) groups excluding carboxylic acids is 1. The zero-order chi connectivity index (χ0) is 29.4. The monoisotopic (exact) mass is 550 g/mol. The van der Waals surface area contributed by atoms with Crippen LogP contribution in [0.4, 0.5) is 0 Å². The second-order valence-corrected chi connectivity index (χ2v) is 10.4. The lowest BCUT2D eigenvalue weighted by molar-refractivity contribution is -0.108. The number of unbranched alkanes of at least 4 members (excludes halogenated alkanes) is 1. The molecule has 0 fully saturated rings. The molecular formula is C34H38N4O3. The number of aromatic nitrogens is 2. The van der Waals surface area contributed by atoms with Gasteiger partial charge in [-0.2, -0.15) is 0 Å². The van der Waals surface area contributed by atoms with Crippen molar-refractivity contribution in [3.63, 3.8) is 0 Å². The van der Waals surface area contributed by atoms with Crippen LogP contribution in [0.25, 0.3) is 16.8 Å². The molecule has 1 heterocycles. The van der Waals surface area contributed by atoms with Crippen molar-refractivity contribution in [1.82, 2.24) is 14.9 Å². The quantitative estimate of drug-likeness (QED) is 0.103. The fraction of sp³-hybridized carbons (Fsp3) is 0.294. The highest BCUT2D eigenvalue weighted by Crippen LogP contribution is 2.26. The Labute approximate surface area is 241 Å². The van der Waals surface area contributed by atoms with Crippen LogP contribution in [-0.4, -0.2) is 28.9 Å². The zero-order valence-electron chi connectivity index (χ0n) is 24.5. The molecule has 4 rings (SSSR count). The Bertz CT molecular complexity index is 1590. The second-order valence-electron chi connectivity index (χ2n) is 10.4. The average Bonchev–Trinajstić information content (AvgIpc) is 2.98. The van der Waals surface area contributed by atoms with Crippen LogP contribution in [0.1, 0.15) is 73.3 Å². The van der Waals surface area contributed by atoms with Crippen LogP contribution < -0.4 is 10.9 Å². The fourth-order valence-electron chi connectivity index (χ4n) is 5.02. The maximum absolute atomic E-state index is 14.1. The Morgan fingerprint density at radius 1 is 1.07 bits per heavy atom. The number of benzene rings is 3. The van der Waals surface area contributed by atoms with Gasteiger partial charge in [0, 0.05) is 17.5 Å². The maximum Gasteiger partial charge on any atom is 0.261 e. The molecule has 0 bridgehead atoms. The van der Waals surface area contributed by atoms with Gasteiger partial charge in [-0.05, 0) is 60.1 Å². The van der Waals surface area contributed by atoms with Gasteiger partial charge >= 0.3 is 0 Å². The molecule has 0 atom stereocenters. The van der Waals surface area contributed by atoms with Crippen LogP contribution in [0.5, 0.6) is 0 Å². The van der Waals surface area contributed by atoms with E-state index in [4.69, 9.17) is 9.82 Å². The minimum Gasteiger partial charge on any atom is -0.397 e. The molecule has 1 amide bonds.